The van der Waals surface area contributed by atoms with Crippen LogP contribution >= 0.6 is 0 Å². The van der Waals surface area contributed by atoms with Gasteiger partial charge in [0.2, 0.25) is 0 Å². The molecule has 27 heavy (non-hydrogen) atoms. The van der Waals surface area contributed by atoms with Crippen LogP contribution in [0, 0.1) is 0 Å². The lowest BCUT2D eigenvalue weighted by Crippen LogP contribution is -2.54. The van der Waals surface area contributed by atoms with E-state index in [1.165, 1.54) is 4.31 Å². The van der Waals surface area contributed by atoms with Gasteiger partial charge in [0, 0.05) is 44.8 Å². The monoisotopic (exact) mass is 395 g/mol. The van der Waals surface area contributed by atoms with Crippen molar-refractivity contribution in [1.29, 1.82) is 0 Å². The second-order valence-electron chi connectivity index (χ2n) is 6.97. The van der Waals surface area contributed by atoms with Gasteiger partial charge >= 0.3 is 0 Å². The Morgan fingerprint density at radius 2 is 1.44 bits per heavy atom. The summed E-state index contributed by atoms with van der Waals surface area (Å²) in [6.07, 6.45) is 4.04. The highest BCUT2D eigenvalue weighted by Crippen LogP contribution is 2.19. The van der Waals surface area contributed by atoms with Crippen LogP contribution < -0.4 is 4.74 Å². The summed E-state index contributed by atoms with van der Waals surface area (Å²) in [6, 6.07) is 7.09. The number of nitrogens with zero attached hydrogens (tertiary/aromatic N) is 3. The second-order valence-corrected chi connectivity index (χ2v) is 8.90. The quantitative estimate of drug-likeness (QED) is 0.764. The summed E-state index contributed by atoms with van der Waals surface area (Å²) in [5, 5.41) is 0. The zero-order chi connectivity index (χ0) is 19.3. The molecule has 0 unspecified atom stereocenters. The van der Waals surface area contributed by atoms with Crippen LogP contribution in [0.5, 0.6) is 5.75 Å². The lowest BCUT2D eigenvalue weighted by molar-refractivity contribution is 0.0694. The molecule has 0 aliphatic carbocycles. The molecule has 0 N–H and O–H groups in total. The molecule has 7 nitrogen and oxygen atoms in total. The maximum atomic E-state index is 12.9. The van der Waals surface area contributed by atoms with Crippen molar-refractivity contribution < 1.29 is 17.9 Å². The van der Waals surface area contributed by atoms with Crippen molar-refractivity contribution in [2.45, 2.75) is 32.6 Å². The molecule has 1 aromatic rings. The van der Waals surface area contributed by atoms with Gasteiger partial charge in [0.05, 0.1) is 6.61 Å². The Hall–Kier alpha value is -1.64. The Morgan fingerprint density at radius 3 is 2.00 bits per heavy atom. The molecule has 2 saturated heterocycles. The molecule has 2 aliphatic heterocycles. The van der Waals surface area contributed by atoms with Crippen molar-refractivity contribution in [1.82, 2.24) is 13.5 Å². The third kappa shape index (κ3) is 4.80. The van der Waals surface area contributed by atoms with Gasteiger partial charge < -0.3 is 9.64 Å². The van der Waals surface area contributed by atoms with E-state index in [0.717, 1.165) is 31.4 Å². The molecule has 0 spiro atoms. The van der Waals surface area contributed by atoms with Crippen molar-refractivity contribution in [2.75, 3.05) is 45.9 Å². The number of ether oxygens (including phenoxy) is 1. The van der Waals surface area contributed by atoms with Crippen LogP contribution in [0.1, 0.15) is 43.0 Å². The minimum Gasteiger partial charge on any atom is -0.494 e. The fourth-order valence-corrected chi connectivity index (χ4v) is 5.27. The number of amides is 1. The molecular weight excluding hydrogens is 366 g/mol. The molecule has 2 aliphatic rings. The summed E-state index contributed by atoms with van der Waals surface area (Å²) < 4.78 is 34.3. The number of hydrogen-bond donors (Lipinski definition) is 0. The lowest BCUT2D eigenvalue weighted by atomic mass is 10.2. The molecule has 0 aromatic heterocycles. The number of carbonyl (C=O) groups excluding carboxylic acids is 1. The van der Waals surface area contributed by atoms with Gasteiger partial charge in [-0.05, 0) is 44.0 Å². The van der Waals surface area contributed by atoms with Gasteiger partial charge in [0.1, 0.15) is 5.75 Å². The molecule has 1 amide bonds. The fourth-order valence-electron chi connectivity index (χ4n) is 3.60. The molecular formula is C19H29N3O4S. The van der Waals surface area contributed by atoms with Crippen molar-refractivity contribution in [2.24, 2.45) is 0 Å². The van der Waals surface area contributed by atoms with Gasteiger partial charge in [-0.25, -0.2) is 0 Å². The predicted octanol–water partition coefficient (Wildman–Crippen LogP) is 1.96. The molecule has 8 heteroatoms. The normalized spacial score (nSPS) is 20.3. The number of carbonyl (C=O) groups is 1. The summed E-state index contributed by atoms with van der Waals surface area (Å²) >= 11 is 0. The van der Waals surface area contributed by atoms with E-state index < -0.39 is 10.2 Å². The van der Waals surface area contributed by atoms with Crippen LogP contribution in [0.2, 0.25) is 0 Å². The Balaban J connectivity index is 1.58. The van der Waals surface area contributed by atoms with Crippen LogP contribution in [0.3, 0.4) is 0 Å². The van der Waals surface area contributed by atoms with Crippen LogP contribution in [0.25, 0.3) is 0 Å². The van der Waals surface area contributed by atoms with E-state index in [9.17, 15) is 13.2 Å². The number of rotatable bonds is 5. The molecule has 0 bridgehead atoms. The maximum Gasteiger partial charge on any atom is 0.282 e. The Morgan fingerprint density at radius 1 is 0.889 bits per heavy atom. The Labute approximate surface area is 162 Å². The zero-order valence-electron chi connectivity index (χ0n) is 16.0. The Kier molecular flexibility index (Phi) is 6.73. The van der Waals surface area contributed by atoms with Gasteiger partial charge in [-0.15, -0.1) is 0 Å². The van der Waals surface area contributed by atoms with Crippen LogP contribution in [0.15, 0.2) is 24.3 Å². The molecule has 0 saturated carbocycles. The van der Waals surface area contributed by atoms with Crippen LogP contribution in [0.4, 0.5) is 0 Å². The van der Waals surface area contributed by atoms with Crippen molar-refractivity contribution in [3.05, 3.63) is 29.8 Å². The van der Waals surface area contributed by atoms with Crippen molar-refractivity contribution >= 4 is 16.1 Å². The van der Waals surface area contributed by atoms with Gasteiger partial charge in [-0.2, -0.15) is 17.0 Å². The standard InChI is InChI=1S/C19H29N3O4S/c1-2-26-18-9-7-17(8-10-18)19(23)20-13-15-22(16-14-20)27(24,25)21-11-5-3-4-6-12-21/h7-10H,2-6,11-16H2,1H3. The summed E-state index contributed by atoms with van der Waals surface area (Å²) in [5.74, 6) is 0.673. The third-order valence-electron chi connectivity index (χ3n) is 5.16. The minimum atomic E-state index is -3.42. The highest BCUT2D eigenvalue weighted by Gasteiger charge is 2.33. The highest BCUT2D eigenvalue weighted by molar-refractivity contribution is 7.86. The zero-order valence-corrected chi connectivity index (χ0v) is 16.8. The second kappa shape index (κ2) is 9.03. The molecule has 3 rings (SSSR count). The lowest BCUT2D eigenvalue weighted by Gasteiger charge is -2.36. The SMILES string of the molecule is CCOc1ccc(C(=O)N2CCN(S(=O)(=O)N3CCCCCC3)CC2)cc1. The molecule has 0 atom stereocenters. The van der Waals surface area contributed by atoms with Crippen molar-refractivity contribution in [3.63, 3.8) is 0 Å². The molecule has 150 valence electrons. The molecule has 0 radical (unpaired) electrons. The van der Waals surface area contributed by atoms with E-state index in [2.05, 4.69) is 0 Å². The average Bonchev–Trinajstić information content (AvgIpc) is 2.98. The summed E-state index contributed by atoms with van der Waals surface area (Å²) in [7, 11) is -3.42. The average molecular weight is 396 g/mol. The van der Waals surface area contributed by atoms with Crippen molar-refractivity contribution in [3.8, 4) is 5.75 Å². The van der Waals surface area contributed by atoms with Gasteiger partial charge in [0.15, 0.2) is 0 Å². The van der Waals surface area contributed by atoms with E-state index in [-0.39, 0.29) is 5.91 Å². The first-order chi connectivity index (χ1) is 13.0. The van der Waals surface area contributed by atoms with E-state index in [4.69, 9.17) is 4.74 Å². The number of piperazine rings is 1. The van der Waals surface area contributed by atoms with E-state index in [0.29, 0.717) is 51.4 Å². The number of benzene rings is 1. The summed E-state index contributed by atoms with van der Waals surface area (Å²) in [4.78, 5) is 14.4. The van der Waals surface area contributed by atoms with Gasteiger partial charge in [-0.3, -0.25) is 4.79 Å². The van der Waals surface area contributed by atoms with Gasteiger partial charge in [-0.1, -0.05) is 12.8 Å². The smallest absolute Gasteiger partial charge is 0.282 e. The topological polar surface area (TPSA) is 70.2 Å². The molecule has 2 heterocycles. The highest BCUT2D eigenvalue weighted by atomic mass is 32.2. The van der Waals surface area contributed by atoms with E-state index in [1.54, 1.807) is 33.5 Å². The number of hydrogen-bond acceptors (Lipinski definition) is 4. The first-order valence-electron chi connectivity index (χ1n) is 9.79. The van der Waals surface area contributed by atoms with Crippen LogP contribution in [-0.2, 0) is 10.2 Å². The third-order valence-corrected chi connectivity index (χ3v) is 7.19. The minimum absolute atomic E-state index is 0.0649. The van der Waals surface area contributed by atoms with E-state index >= 15 is 0 Å². The maximum absolute atomic E-state index is 12.9. The fraction of sp³-hybridized carbons (Fsp3) is 0.632. The summed E-state index contributed by atoms with van der Waals surface area (Å²) in [5.41, 5.74) is 0.599. The molecule has 2 fully saturated rings. The predicted molar refractivity (Wildman–Crippen MR) is 104 cm³/mol. The Bertz CT molecular complexity index is 720. The largest absolute Gasteiger partial charge is 0.494 e. The first-order valence-corrected chi connectivity index (χ1v) is 11.2. The van der Waals surface area contributed by atoms with E-state index in [1.807, 2.05) is 6.92 Å². The first kappa shape index (κ1) is 20.1. The summed E-state index contributed by atoms with van der Waals surface area (Å²) in [6.45, 7) is 5.24. The van der Waals surface area contributed by atoms with Crippen LogP contribution in [-0.4, -0.2) is 73.7 Å². The molecule has 1 aromatic carbocycles. The van der Waals surface area contributed by atoms with Gasteiger partial charge in [0.25, 0.3) is 16.1 Å².